The van der Waals surface area contributed by atoms with Gasteiger partial charge in [0.15, 0.2) is 0 Å². The van der Waals surface area contributed by atoms with E-state index in [0.717, 1.165) is 25.3 Å². The normalized spacial score (nSPS) is 22.7. The minimum Gasteiger partial charge on any atom is -0.461 e. The van der Waals surface area contributed by atoms with Gasteiger partial charge in [0.05, 0.1) is 6.54 Å². The minimum absolute atomic E-state index is 0.0671. The molecule has 3 nitrogen and oxygen atoms in total. The molecule has 0 aromatic heterocycles. The number of hydrogen-bond donors (Lipinski definition) is 1. The number of ether oxygens (including phenoxy) is 1. The van der Waals surface area contributed by atoms with Crippen LogP contribution in [0.2, 0.25) is 0 Å². The molecule has 0 amide bonds. The summed E-state index contributed by atoms with van der Waals surface area (Å²) in [6.45, 7) is 1.38. The number of esters is 1. The second-order valence-electron chi connectivity index (χ2n) is 4.82. The Balaban J connectivity index is 1.54. The van der Waals surface area contributed by atoms with Crippen molar-refractivity contribution in [1.29, 1.82) is 0 Å². The van der Waals surface area contributed by atoms with E-state index < -0.39 is 0 Å². The average Bonchev–Trinajstić information content (AvgIpc) is 3.03. The third-order valence-electron chi connectivity index (χ3n) is 3.25. The van der Waals surface area contributed by atoms with Crippen molar-refractivity contribution >= 4 is 5.97 Å². The van der Waals surface area contributed by atoms with E-state index in [1.165, 1.54) is 32.1 Å². The maximum Gasteiger partial charge on any atom is 0.320 e. The van der Waals surface area contributed by atoms with Crippen LogP contribution >= 0.6 is 0 Å². The lowest BCUT2D eigenvalue weighted by Crippen LogP contribution is -2.30. The number of rotatable bonds is 5. The highest BCUT2D eigenvalue weighted by Crippen LogP contribution is 2.27. The van der Waals surface area contributed by atoms with Crippen LogP contribution in [-0.2, 0) is 9.53 Å². The van der Waals surface area contributed by atoms with Crippen LogP contribution in [0.5, 0.6) is 0 Å². The van der Waals surface area contributed by atoms with Gasteiger partial charge in [-0.25, -0.2) is 0 Å². The first-order valence-corrected chi connectivity index (χ1v) is 6.25. The van der Waals surface area contributed by atoms with Gasteiger partial charge in [0.1, 0.15) is 6.10 Å². The Kier molecular flexibility index (Phi) is 4.01. The Hall–Kier alpha value is -0.570. The van der Waals surface area contributed by atoms with Crippen molar-refractivity contribution in [2.45, 2.75) is 51.0 Å². The highest BCUT2D eigenvalue weighted by atomic mass is 16.5. The second-order valence-corrected chi connectivity index (χ2v) is 4.82. The van der Waals surface area contributed by atoms with Crippen molar-refractivity contribution < 1.29 is 9.53 Å². The van der Waals surface area contributed by atoms with Crippen LogP contribution in [0.25, 0.3) is 0 Å². The zero-order chi connectivity index (χ0) is 10.5. The molecule has 0 aromatic rings. The molecule has 3 heteroatoms. The van der Waals surface area contributed by atoms with Crippen molar-refractivity contribution in [3.63, 3.8) is 0 Å². The first-order valence-electron chi connectivity index (χ1n) is 6.25. The van der Waals surface area contributed by atoms with Crippen molar-refractivity contribution in [3.05, 3.63) is 0 Å². The molecule has 1 N–H and O–H groups in total. The number of hydrogen-bond acceptors (Lipinski definition) is 3. The van der Waals surface area contributed by atoms with Gasteiger partial charge < -0.3 is 10.1 Å². The largest absolute Gasteiger partial charge is 0.461 e. The van der Waals surface area contributed by atoms with Crippen molar-refractivity contribution in [3.8, 4) is 0 Å². The predicted molar refractivity (Wildman–Crippen MR) is 58.6 cm³/mol. The summed E-state index contributed by atoms with van der Waals surface area (Å²) in [6.07, 6.45) is 8.71. The van der Waals surface area contributed by atoms with E-state index in [2.05, 4.69) is 5.32 Å². The van der Waals surface area contributed by atoms with E-state index in [1.807, 2.05) is 0 Å². The van der Waals surface area contributed by atoms with E-state index in [9.17, 15) is 4.79 Å². The van der Waals surface area contributed by atoms with Gasteiger partial charge in [-0.05, 0) is 51.0 Å². The minimum atomic E-state index is -0.0671. The molecule has 0 aromatic carbocycles. The van der Waals surface area contributed by atoms with Gasteiger partial charge in [0.25, 0.3) is 0 Å². The Bertz CT molecular complexity index is 208. The van der Waals surface area contributed by atoms with Gasteiger partial charge >= 0.3 is 5.97 Å². The molecule has 0 heterocycles. The zero-order valence-corrected chi connectivity index (χ0v) is 9.34. The summed E-state index contributed by atoms with van der Waals surface area (Å²) in [4.78, 5) is 11.4. The Morgan fingerprint density at radius 3 is 2.53 bits per heavy atom. The molecular formula is C12H21NO2. The smallest absolute Gasteiger partial charge is 0.320 e. The maximum absolute atomic E-state index is 11.4. The summed E-state index contributed by atoms with van der Waals surface area (Å²) in [5.74, 6) is 0.759. The molecule has 2 fully saturated rings. The Labute approximate surface area is 91.6 Å². The fourth-order valence-electron chi connectivity index (χ4n) is 2.11. The molecule has 2 saturated carbocycles. The fourth-order valence-corrected chi connectivity index (χ4v) is 2.11. The van der Waals surface area contributed by atoms with E-state index in [-0.39, 0.29) is 12.1 Å². The third-order valence-corrected chi connectivity index (χ3v) is 3.25. The monoisotopic (exact) mass is 211 g/mol. The van der Waals surface area contributed by atoms with E-state index in [0.29, 0.717) is 6.54 Å². The molecule has 2 aliphatic carbocycles. The lowest BCUT2D eigenvalue weighted by Gasteiger charge is -2.21. The summed E-state index contributed by atoms with van der Waals surface area (Å²) in [6, 6.07) is 0. The second kappa shape index (κ2) is 5.50. The lowest BCUT2D eigenvalue weighted by atomic mass is 9.98. The van der Waals surface area contributed by atoms with Crippen LogP contribution in [0.3, 0.4) is 0 Å². The van der Waals surface area contributed by atoms with Crippen molar-refractivity contribution in [1.82, 2.24) is 5.32 Å². The predicted octanol–water partition coefficient (Wildman–Crippen LogP) is 1.86. The molecule has 0 spiro atoms. The van der Waals surface area contributed by atoms with Crippen LogP contribution in [0.15, 0.2) is 0 Å². The highest BCUT2D eigenvalue weighted by Gasteiger charge is 2.21. The summed E-state index contributed by atoms with van der Waals surface area (Å²) in [5, 5.41) is 3.16. The van der Waals surface area contributed by atoms with Crippen LogP contribution in [0, 0.1) is 5.92 Å². The molecule has 0 aliphatic heterocycles. The first kappa shape index (κ1) is 10.9. The van der Waals surface area contributed by atoms with Gasteiger partial charge in [0.2, 0.25) is 0 Å². The molecule has 2 rings (SSSR count). The molecule has 0 saturated heterocycles. The van der Waals surface area contributed by atoms with E-state index >= 15 is 0 Å². The topological polar surface area (TPSA) is 38.3 Å². The van der Waals surface area contributed by atoms with Gasteiger partial charge in [0, 0.05) is 0 Å². The zero-order valence-electron chi connectivity index (χ0n) is 9.34. The van der Waals surface area contributed by atoms with E-state index in [4.69, 9.17) is 4.74 Å². The molecule has 0 atom stereocenters. The summed E-state index contributed by atoms with van der Waals surface area (Å²) < 4.78 is 5.39. The van der Waals surface area contributed by atoms with Crippen LogP contribution < -0.4 is 5.32 Å². The highest BCUT2D eigenvalue weighted by molar-refractivity contribution is 5.71. The quantitative estimate of drug-likeness (QED) is 0.705. The molecule has 86 valence electrons. The van der Waals surface area contributed by atoms with Crippen molar-refractivity contribution in [2.24, 2.45) is 5.92 Å². The fraction of sp³-hybridized carbons (Fsp3) is 0.917. The molecule has 0 radical (unpaired) electrons. The summed E-state index contributed by atoms with van der Waals surface area (Å²) in [5.41, 5.74) is 0. The van der Waals surface area contributed by atoms with Gasteiger partial charge in [-0.3, -0.25) is 4.79 Å². The maximum atomic E-state index is 11.4. The van der Waals surface area contributed by atoms with Crippen LogP contribution in [0.4, 0.5) is 0 Å². The average molecular weight is 211 g/mol. The number of carbonyl (C=O) groups excluding carboxylic acids is 1. The molecular weight excluding hydrogens is 190 g/mol. The first-order chi connectivity index (χ1) is 7.34. The van der Waals surface area contributed by atoms with Crippen LogP contribution in [-0.4, -0.2) is 25.2 Å². The van der Waals surface area contributed by atoms with E-state index in [1.54, 1.807) is 0 Å². The van der Waals surface area contributed by atoms with Crippen LogP contribution in [0.1, 0.15) is 44.9 Å². The Morgan fingerprint density at radius 1 is 1.13 bits per heavy atom. The molecule has 0 bridgehead atoms. The number of carbonyl (C=O) groups is 1. The number of nitrogens with one attached hydrogen (secondary N) is 1. The van der Waals surface area contributed by atoms with Gasteiger partial charge in [-0.2, -0.15) is 0 Å². The molecule has 2 aliphatic rings. The third kappa shape index (κ3) is 4.20. The Morgan fingerprint density at radius 2 is 1.87 bits per heavy atom. The van der Waals surface area contributed by atoms with Gasteiger partial charge in [-0.1, -0.05) is 6.42 Å². The summed E-state index contributed by atoms with van der Waals surface area (Å²) >= 11 is 0. The molecule has 15 heavy (non-hydrogen) atoms. The summed E-state index contributed by atoms with van der Waals surface area (Å²) in [7, 11) is 0. The standard InChI is InChI=1S/C12H21NO2/c14-12(9-13-8-10-6-7-10)15-11-4-2-1-3-5-11/h10-11,13H,1-9H2. The SMILES string of the molecule is O=C(CNCC1CC1)OC1CCCCC1. The molecule has 0 unspecified atom stereocenters. The van der Waals surface area contributed by atoms with Gasteiger partial charge in [-0.15, -0.1) is 0 Å². The van der Waals surface area contributed by atoms with Crippen molar-refractivity contribution in [2.75, 3.05) is 13.1 Å². The lowest BCUT2D eigenvalue weighted by molar-refractivity contribution is -0.149.